The number of nitrogens with zero attached hydrogens (tertiary/aromatic N) is 5. The zero-order valence-corrected chi connectivity index (χ0v) is 52.2. The summed E-state index contributed by atoms with van der Waals surface area (Å²) in [6, 6.07) is 12.6. The van der Waals surface area contributed by atoms with Crippen molar-refractivity contribution >= 4 is 122 Å². The maximum Gasteiger partial charge on any atom is 4.00 e. The average molecular weight is 1280 g/mol. The third kappa shape index (κ3) is 16.0. The Morgan fingerprint density at radius 1 is 0.391 bits per heavy atom. The van der Waals surface area contributed by atoms with E-state index in [1.807, 2.05) is 41.5 Å². The minimum Gasteiger partial charge on any atom is -0.464 e. The Labute approximate surface area is 476 Å². The van der Waals surface area contributed by atoms with E-state index in [1.165, 1.54) is 16.7 Å². The number of halogens is 9. The maximum absolute atomic E-state index is 6.42. The van der Waals surface area contributed by atoms with E-state index in [4.69, 9.17) is 104 Å². The van der Waals surface area contributed by atoms with Crippen LogP contribution >= 0.6 is 104 Å². The van der Waals surface area contributed by atoms with Gasteiger partial charge < -0.3 is 40.8 Å². The van der Waals surface area contributed by atoms with Crippen LogP contribution in [-0.4, -0.2) is 34.6 Å². The van der Waals surface area contributed by atoms with E-state index in [0.717, 1.165) is 75.9 Å². The van der Waals surface area contributed by atoms with Gasteiger partial charge in [-0.15, -0.1) is 0 Å². The maximum atomic E-state index is 6.42. The summed E-state index contributed by atoms with van der Waals surface area (Å²) < 4.78 is 0. The third-order valence-corrected chi connectivity index (χ3v) is 14.2. The second-order valence-electron chi connectivity index (χ2n) is 16.2. The topological polar surface area (TPSA) is 78.9 Å². The first kappa shape index (κ1) is 65.0. The Balaban J connectivity index is 0.000000506. The summed E-state index contributed by atoms with van der Waals surface area (Å²) in [4.78, 5) is 13.8. The number of pyridine rings is 3. The van der Waals surface area contributed by atoms with Gasteiger partial charge in [-0.1, -0.05) is 204 Å². The molecule has 0 saturated heterocycles. The van der Waals surface area contributed by atoms with Gasteiger partial charge in [-0.3, -0.25) is 0 Å². The number of hydrogen-bond donors (Lipinski definition) is 1. The molecule has 0 fully saturated rings. The summed E-state index contributed by atoms with van der Waals surface area (Å²) in [7, 11) is 0. The molecular weight excluding hydrogens is 1220 g/mol. The molecule has 0 aliphatic rings. The molecule has 0 radical (unpaired) electrons. The molecule has 0 aliphatic carbocycles. The number of aromatic nitrogens is 3. The second kappa shape index (κ2) is 29.6. The van der Waals surface area contributed by atoms with Crippen molar-refractivity contribution in [2.45, 2.75) is 102 Å². The number of aryl methyl sites for hydroxylation is 9. The molecule has 3 aromatic heterocycles. The van der Waals surface area contributed by atoms with E-state index in [2.05, 4.69) is 109 Å². The van der Waals surface area contributed by atoms with Crippen molar-refractivity contribution in [2.75, 3.05) is 25.0 Å². The normalized spacial score (nSPS) is 10.4. The summed E-state index contributed by atoms with van der Waals surface area (Å²) >= 11 is 56.8. The molecular formula is C53H61Cl9HfN6. The summed E-state index contributed by atoms with van der Waals surface area (Å²) in [5.74, 6) is 1.48. The molecule has 6 nitrogen and oxygen atoms in total. The van der Waals surface area contributed by atoms with E-state index in [1.54, 1.807) is 0 Å². The molecule has 0 unspecified atom stereocenters. The van der Waals surface area contributed by atoms with E-state index < -0.39 is 0 Å². The van der Waals surface area contributed by atoms with E-state index in [9.17, 15) is 0 Å². The first-order valence-corrected chi connectivity index (χ1v) is 25.0. The van der Waals surface area contributed by atoms with Crippen molar-refractivity contribution < 1.29 is 25.8 Å². The number of nitrogens with one attached hydrogen (secondary N) is 1. The van der Waals surface area contributed by atoms with Crippen molar-refractivity contribution in [2.24, 2.45) is 0 Å². The van der Waals surface area contributed by atoms with Crippen molar-refractivity contribution in [1.29, 1.82) is 0 Å². The van der Waals surface area contributed by atoms with Crippen molar-refractivity contribution in [3.05, 3.63) is 157 Å². The molecule has 0 aliphatic heterocycles. The predicted octanol–water partition coefficient (Wildman–Crippen LogP) is 21.5. The first-order chi connectivity index (χ1) is 31.1. The van der Waals surface area contributed by atoms with Crippen LogP contribution in [0.15, 0.2) is 36.4 Å². The minimum atomic E-state index is 0. The van der Waals surface area contributed by atoms with Crippen LogP contribution in [0.3, 0.4) is 0 Å². The quantitative estimate of drug-likeness (QED) is 0.0978. The van der Waals surface area contributed by atoms with Crippen LogP contribution in [0.1, 0.15) is 90.1 Å². The van der Waals surface area contributed by atoms with Crippen LogP contribution in [-0.2, 0) is 25.8 Å². The number of hydrogen-bond acceptors (Lipinski definition) is 4. The van der Waals surface area contributed by atoms with E-state index >= 15 is 0 Å². The van der Waals surface area contributed by atoms with Gasteiger partial charge in [0.1, 0.15) is 10.8 Å². The van der Waals surface area contributed by atoms with Gasteiger partial charge in [0.2, 0.25) is 0 Å². The Bertz CT molecular complexity index is 2370. The van der Waals surface area contributed by atoms with Gasteiger partial charge in [0, 0.05) is 12.1 Å². The van der Waals surface area contributed by atoms with Gasteiger partial charge in [0.05, 0.1) is 45.9 Å². The molecule has 0 saturated carbocycles. The molecule has 3 aromatic carbocycles. The fourth-order valence-corrected chi connectivity index (χ4v) is 9.64. The molecule has 69 heavy (non-hydrogen) atoms. The van der Waals surface area contributed by atoms with Gasteiger partial charge in [0.25, 0.3) is 0 Å². The van der Waals surface area contributed by atoms with Gasteiger partial charge in [-0.2, -0.15) is 0 Å². The Morgan fingerprint density at radius 2 is 0.667 bits per heavy atom. The smallest absolute Gasteiger partial charge is 0.464 e. The van der Waals surface area contributed by atoms with Crippen LogP contribution in [0.4, 0.5) is 17.5 Å². The Morgan fingerprint density at radius 3 is 0.942 bits per heavy atom. The minimum absolute atomic E-state index is 0. The summed E-state index contributed by atoms with van der Waals surface area (Å²) in [5.41, 5.74) is 15.2. The molecule has 0 bridgehead atoms. The molecule has 0 atom stereocenters. The fourth-order valence-electron chi connectivity index (χ4n) is 7.68. The van der Waals surface area contributed by atoms with Crippen molar-refractivity contribution in [1.82, 2.24) is 15.0 Å². The zero-order chi connectivity index (χ0) is 49.3. The van der Waals surface area contributed by atoms with E-state index in [-0.39, 0.29) is 40.7 Å². The molecule has 0 spiro atoms. The van der Waals surface area contributed by atoms with Gasteiger partial charge >= 0.3 is 25.8 Å². The van der Waals surface area contributed by atoms with Gasteiger partial charge in [-0.05, 0) is 136 Å². The average Bonchev–Trinajstić information content (AvgIpc) is 3.24. The molecule has 0 amide bonds. The number of anilines is 1. The Hall–Kier alpha value is -2.01. The van der Waals surface area contributed by atoms with Crippen LogP contribution in [0, 0.1) is 77.2 Å². The number of rotatable bonds is 12. The van der Waals surface area contributed by atoms with Crippen LogP contribution < -0.4 is 5.32 Å². The molecule has 16 heteroatoms. The van der Waals surface area contributed by atoms with Crippen molar-refractivity contribution in [3.63, 3.8) is 0 Å². The van der Waals surface area contributed by atoms with Crippen molar-refractivity contribution in [3.8, 4) is 33.8 Å². The Kier molecular flexibility index (Phi) is 27.9. The predicted molar refractivity (Wildman–Crippen MR) is 305 cm³/mol. The first-order valence-electron chi connectivity index (χ1n) is 21.6. The standard InChI is InChI=1S/C17H19Cl3N2.2C17H18Cl3N2.2CH3.Hf/c3*1-5-6-21-17-15(20)13(18)14(19)16(22-17)12-10(3)7-9(2)8-11(12)4;;;/h7-8H,5-6H2,1-4H3,(H,21,22);2*7-8H,5-6H2,1-4H3;2*1H3;/q;4*-1;+4. The summed E-state index contributed by atoms with van der Waals surface area (Å²) in [5, 5.41) is 15.1. The largest absolute Gasteiger partial charge is 4.00 e. The molecule has 6 rings (SSSR count). The summed E-state index contributed by atoms with van der Waals surface area (Å²) in [6.45, 7) is 26.7. The summed E-state index contributed by atoms with van der Waals surface area (Å²) in [6.07, 6.45) is 2.79. The molecule has 1 N–H and O–H groups in total. The molecule has 3 heterocycles. The third-order valence-electron chi connectivity index (χ3n) is 10.3. The second-order valence-corrected chi connectivity index (χ2v) is 19.6. The molecule has 370 valence electrons. The van der Waals surface area contributed by atoms with Crippen LogP contribution in [0.5, 0.6) is 0 Å². The SMILES string of the molecule is CCCNc1nc(-c2c(C)cc(C)cc2C)c(Cl)c(Cl)c1Cl.CCC[N-]c1nc(-c2c(C)cc(C)cc2C)c(Cl)c(Cl)c1Cl.CCC[N-]c1nc(-c2c(C)cc(C)cc2C)c(Cl)c(Cl)c1Cl.[CH3-].[CH3-].[Hf+4]. The van der Waals surface area contributed by atoms with E-state index in [0.29, 0.717) is 92.8 Å². The van der Waals surface area contributed by atoms with Gasteiger partial charge in [0.15, 0.2) is 0 Å². The fraction of sp³-hybridized carbons (Fsp3) is 0.340. The number of benzene rings is 3. The monoisotopic (exact) mass is 1280 g/mol. The zero-order valence-electron chi connectivity index (χ0n) is 41.8. The van der Waals surface area contributed by atoms with Gasteiger partial charge in [-0.25, -0.2) is 4.98 Å². The van der Waals surface area contributed by atoms with Crippen LogP contribution in [0.25, 0.3) is 44.4 Å². The van der Waals surface area contributed by atoms with Crippen LogP contribution in [0.2, 0.25) is 45.2 Å². The molecule has 6 aromatic rings.